The zero-order valence-corrected chi connectivity index (χ0v) is 10.2. The van der Waals surface area contributed by atoms with Crippen LogP contribution in [0.15, 0.2) is 48.5 Å². The van der Waals surface area contributed by atoms with Crippen molar-refractivity contribution < 1.29 is 4.79 Å². The van der Waals surface area contributed by atoms with Crippen molar-refractivity contribution in [3.63, 3.8) is 0 Å². The second kappa shape index (κ2) is 5.40. The first-order valence-corrected chi connectivity index (χ1v) is 5.76. The molecule has 0 aliphatic heterocycles. The van der Waals surface area contributed by atoms with Crippen molar-refractivity contribution in [2.45, 2.75) is 6.82 Å². The van der Waals surface area contributed by atoms with E-state index in [1.807, 2.05) is 38.4 Å². The first-order valence-electron chi connectivity index (χ1n) is 5.76. The fraction of sp³-hybridized carbons (Fsp3) is 0.0714. The van der Waals surface area contributed by atoms with Crippen molar-refractivity contribution in [3.8, 4) is 0 Å². The van der Waals surface area contributed by atoms with E-state index in [0.717, 1.165) is 5.46 Å². The Hall–Kier alpha value is -2.23. The second-order valence-corrected chi connectivity index (χ2v) is 3.95. The molecule has 0 unspecified atom stereocenters. The monoisotopic (exact) mass is 237 g/mol. The minimum absolute atomic E-state index is 0.157. The molecule has 2 aromatic carbocycles. The number of anilines is 2. The molecule has 0 aliphatic rings. The molecule has 0 aromatic heterocycles. The van der Waals surface area contributed by atoms with Gasteiger partial charge in [0.15, 0.2) is 0 Å². The summed E-state index contributed by atoms with van der Waals surface area (Å²) in [5.41, 5.74) is 8.67. The normalized spacial score (nSPS) is 9.83. The summed E-state index contributed by atoms with van der Waals surface area (Å²) in [6, 6.07) is 14.6. The highest BCUT2D eigenvalue weighted by atomic mass is 16.1. The average molecular weight is 237 g/mol. The summed E-state index contributed by atoms with van der Waals surface area (Å²) in [5.74, 6) is -0.157. The van der Waals surface area contributed by atoms with Gasteiger partial charge in [-0.05, 0) is 12.1 Å². The highest BCUT2D eigenvalue weighted by molar-refractivity contribution is 6.51. The predicted octanol–water partition coefficient (Wildman–Crippen LogP) is 1.90. The van der Waals surface area contributed by atoms with E-state index in [-0.39, 0.29) is 5.91 Å². The number of carbonyl (C=O) groups excluding carboxylic acids is 1. The lowest BCUT2D eigenvalue weighted by molar-refractivity contribution is 0.102. The minimum atomic E-state index is -0.157. The van der Waals surface area contributed by atoms with Gasteiger partial charge in [0.25, 0.3) is 5.91 Å². The molecule has 0 heterocycles. The van der Waals surface area contributed by atoms with Crippen LogP contribution < -0.4 is 16.5 Å². The molecule has 0 fully saturated rings. The van der Waals surface area contributed by atoms with Gasteiger partial charge in [-0.3, -0.25) is 4.79 Å². The van der Waals surface area contributed by atoms with Gasteiger partial charge in [-0.25, -0.2) is 0 Å². The Morgan fingerprint density at radius 3 is 2.39 bits per heavy atom. The number of nitrogens with one attached hydrogen (secondary N) is 1. The fourth-order valence-corrected chi connectivity index (χ4v) is 1.63. The molecule has 18 heavy (non-hydrogen) atoms. The molecule has 3 N–H and O–H groups in total. The van der Waals surface area contributed by atoms with Crippen molar-refractivity contribution in [1.29, 1.82) is 0 Å². The van der Waals surface area contributed by atoms with Crippen LogP contribution in [0.1, 0.15) is 10.4 Å². The quantitative estimate of drug-likeness (QED) is 0.632. The largest absolute Gasteiger partial charge is 0.397 e. The second-order valence-electron chi connectivity index (χ2n) is 3.95. The third kappa shape index (κ3) is 2.72. The maximum absolute atomic E-state index is 12.0. The summed E-state index contributed by atoms with van der Waals surface area (Å²) in [6.45, 7) is 1.96. The zero-order valence-electron chi connectivity index (χ0n) is 10.2. The number of amides is 1. The summed E-state index contributed by atoms with van der Waals surface area (Å²) in [5, 5.41) is 2.79. The van der Waals surface area contributed by atoms with E-state index >= 15 is 0 Å². The summed E-state index contributed by atoms with van der Waals surface area (Å²) in [6.07, 6.45) is 0. The number of rotatable bonds is 3. The van der Waals surface area contributed by atoms with Crippen molar-refractivity contribution >= 4 is 30.0 Å². The van der Waals surface area contributed by atoms with Crippen LogP contribution in [0.25, 0.3) is 0 Å². The molecule has 0 aliphatic carbocycles. The molecule has 0 saturated heterocycles. The summed E-state index contributed by atoms with van der Waals surface area (Å²) in [7, 11) is 1.98. The molecule has 1 amide bonds. The molecular formula is C14H14BN2O. The number of nitrogen functional groups attached to an aromatic ring is 1. The minimum Gasteiger partial charge on any atom is -0.397 e. The van der Waals surface area contributed by atoms with Gasteiger partial charge in [-0.15, -0.1) is 0 Å². The van der Waals surface area contributed by atoms with Crippen LogP contribution in [0, 0.1) is 0 Å². The molecule has 0 bridgehead atoms. The Morgan fingerprint density at radius 1 is 1.11 bits per heavy atom. The van der Waals surface area contributed by atoms with Crippen molar-refractivity contribution in [2.75, 3.05) is 11.1 Å². The van der Waals surface area contributed by atoms with E-state index in [9.17, 15) is 4.79 Å². The summed E-state index contributed by atoms with van der Waals surface area (Å²) in [4.78, 5) is 12.0. The van der Waals surface area contributed by atoms with E-state index in [1.54, 1.807) is 24.3 Å². The van der Waals surface area contributed by atoms with Gasteiger partial charge >= 0.3 is 0 Å². The molecule has 2 rings (SSSR count). The van der Waals surface area contributed by atoms with E-state index < -0.39 is 0 Å². The lowest BCUT2D eigenvalue weighted by Crippen LogP contribution is -2.15. The standard InChI is InChI=1S/C14H14BN2O/c1-15-11-8-6-10(7-9-11)14(18)17-13-5-3-2-4-12(13)16/h2-9H,16H2,1H3,(H,17,18). The number of hydrogen-bond donors (Lipinski definition) is 2. The number of carbonyl (C=O) groups is 1. The van der Waals surface area contributed by atoms with Gasteiger partial charge in [0.05, 0.1) is 11.4 Å². The molecule has 89 valence electrons. The third-order valence-electron chi connectivity index (χ3n) is 2.72. The van der Waals surface area contributed by atoms with Crippen molar-refractivity contribution in [1.82, 2.24) is 0 Å². The first kappa shape index (κ1) is 12.2. The van der Waals surface area contributed by atoms with Crippen LogP contribution in [-0.4, -0.2) is 13.2 Å². The van der Waals surface area contributed by atoms with E-state index in [1.165, 1.54) is 0 Å². The summed E-state index contributed by atoms with van der Waals surface area (Å²) >= 11 is 0. The molecule has 0 atom stereocenters. The number of hydrogen-bond acceptors (Lipinski definition) is 2. The summed E-state index contributed by atoms with van der Waals surface area (Å²) < 4.78 is 0. The lowest BCUT2D eigenvalue weighted by atomic mass is 9.73. The predicted molar refractivity (Wildman–Crippen MR) is 76.5 cm³/mol. The van der Waals surface area contributed by atoms with Crippen LogP contribution in [0.4, 0.5) is 11.4 Å². The molecule has 1 radical (unpaired) electrons. The Kier molecular flexibility index (Phi) is 3.67. The first-order chi connectivity index (χ1) is 8.70. The topological polar surface area (TPSA) is 55.1 Å². The SMILES string of the molecule is C[B]c1ccc(C(=O)Nc2ccccc2N)cc1. The Labute approximate surface area is 107 Å². The van der Waals surface area contributed by atoms with Gasteiger partial charge in [0.2, 0.25) is 0 Å². The fourth-order valence-electron chi connectivity index (χ4n) is 1.63. The van der Waals surface area contributed by atoms with Crippen LogP contribution in [-0.2, 0) is 0 Å². The van der Waals surface area contributed by atoms with E-state index in [0.29, 0.717) is 16.9 Å². The van der Waals surface area contributed by atoms with Gasteiger partial charge < -0.3 is 11.1 Å². The van der Waals surface area contributed by atoms with E-state index in [4.69, 9.17) is 5.73 Å². The van der Waals surface area contributed by atoms with E-state index in [2.05, 4.69) is 5.32 Å². The Balaban J connectivity index is 2.14. The maximum Gasteiger partial charge on any atom is 0.255 e. The number of nitrogens with two attached hydrogens (primary N) is 1. The Morgan fingerprint density at radius 2 is 1.78 bits per heavy atom. The van der Waals surface area contributed by atoms with Crippen LogP contribution in [0.5, 0.6) is 0 Å². The zero-order chi connectivity index (χ0) is 13.0. The number of benzene rings is 2. The molecular weight excluding hydrogens is 223 g/mol. The van der Waals surface area contributed by atoms with Gasteiger partial charge in [-0.1, -0.05) is 48.7 Å². The van der Waals surface area contributed by atoms with Crippen LogP contribution in [0.2, 0.25) is 6.82 Å². The van der Waals surface area contributed by atoms with Crippen LogP contribution >= 0.6 is 0 Å². The van der Waals surface area contributed by atoms with Gasteiger partial charge in [0.1, 0.15) is 7.28 Å². The third-order valence-corrected chi connectivity index (χ3v) is 2.72. The molecule has 0 saturated carbocycles. The average Bonchev–Trinajstić information content (AvgIpc) is 2.41. The molecule has 3 nitrogen and oxygen atoms in total. The van der Waals surface area contributed by atoms with Crippen molar-refractivity contribution in [3.05, 3.63) is 54.1 Å². The molecule has 4 heteroatoms. The highest BCUT2D eigenvalue weighted by Gasteiger charge is 2.07. The van der Waals surface area contributed by atoms with Crippen molar-refractivity contribution in [2.24, 2.45) is 0 Å². The molecule has 0 spiro atoms. The highest BCUT2D eigenvalue weighted by Crippen LogP contribution is 2.17. The molecule has 2 aromatic rings. The maximum atomic E-state index is 12.0. The number of para-hydroxylation sites is 2. The smallest absolute Gasteiger partial charge is 0.255 e. The Bertz CT molecular complexity index is 552. The lowest BCUT2D eigenvalue weighted by Gasteiger charge is -2.08. The van der Waals surface area contributed by atoms with Crippen LogP contribution in [0.3, 0.4) is 0 Å². The van der Waals surface area contributed by atoms with Gasteiger partial charge in [-0.2, -0.15) is 0 Å². The van der Waals surface area contributed by atoms with Gasteiger partial charge in [0, 0.05) is 5.56 Å².